The fraction of sp³-hybridized carbons (Fsp3) is 0.400. The van der Waals surface area contributed by atoms with Crippen LogP contribution in [0.1, 0.15) is 36.7 Å². The van der Waals surface area contributed by atoms with Crippen LogP contribution in [0.2, 0.25) is 0 Å². The molecular formula is C15H22Cl2N4O2. The minimum Gasteiger partial charge on any atom is -0.355 e. The fourth-order valence-electron chi connectivity index (χ4n) is 1.99. The first-order valence-electron chi connectivity index (χ1n) is 7.12. The van der Waals surface area contributed by atoms with Crippen LogP contribution in [0.4, 0.5) is 0 Å². The number of hydrogen-bond donors (Lipinski definition) is 2. The SMILES string of the molecule is CCCCC(CN)NC(=O)c1cc(-c2ccncc2)on1.Cl.Cl. The Morgan fingerprint density at radius 1 is 1.35 bits per heavy atom. The third-order valence-corrected chi connectivity index (χ3v) is 3.23. The Morgan fingerprint density at radius 3 is 2.65 bits per heavy atom. The zero-order valence-corrected chi connectivity index (χ0v) is 14.5. The summed E-state index contributed by atoms with van der Waals surface area (Å²) in [6, 6.07) is 5.19. The Kier molecular flexibility index (Phi) is 10.2. The summed E-state index contributed by atoms with van der Waals surface area (Å²) < 4.78 is 5.20. The second kappa shape index (κ2) is 11.0. The van der Waals surface area contributed by atoms with Crippen molar-refractivity contribution in [2.45, 2.75) is 32.2 Å². The number of nitrogens with two attached hydrogens (primary N) is 1. The Balaban J connectivity index is 0.00000242. The summed E-state index contributed by atoms with van der Waals surface area (Å²) in [6.07, 6.45) is 6.29. The second-order valence-electron chi connectivity index (χ2n) is 4.86. The number of hydrogen-bond acceptors (Lipinski definition) is 5. The van der Waals surface area contributed by atoms with Gasteiger partial charge in [-0.3, -0.25) is 9.78 Å². The average molecular weight is 361 g/mol. The summed E-state index contributed by atoms with van der Waals surface area (Å²) in [6.45, 7) is 2.52. The maximum atomic E-state index is 12.1. The molecule has 6 nitrogen and oxygen atoms in total. The van der Waals surface area contributed by atoms with Crippen molar-refractivity contribution in [2.24, 2.45) is 5.73 Å². The molecule has 0 aromatic carbocycles. The first-order chi connectivity index (χ1) is 10.2. The van der Waals surface area contributed by atoms with E-state index in [4.69, 9.17) is 10.3 Å². The molecule has 0 radical (unpaired) electrons. The first kappa shape index (κ1) is 21.4. The van der Waals surface area contributed by atoms with Crippen molar-refractivity contribution in [1.82, 2.24) is 15.5 Å². The smallest absolute Gasteiger partial charge is 0.273 e. The zero-order chi connectivity index (χ0) is 15.1. The molecule has 23 heavy (non-hydrogen) atoms. The minimum absolute atomic E-state index is 0. The van der Waals surface area contributed by atoms with Crippen LogP contribution in [0.15, 0.2) is 35.1 Å². The monoisotopic (exact) mass is 360 g/mol. The van der Waals surface area contributed by atoms with E-state index >= 15 is 0 Å². The van der Waals surface area contributed by atoms with Crippen LogP contribution in [-0.4, -0.2) is 28.6 Å². The Morgan fingerprint density at radius 2 is 2.04 bits per heavy atom. The number of rotatable bonds is 7. The molecule has 2 rings (SSSR count). The molecule has 0 bridgehead atoms. The van der Waals surface area contributed by atoms with E-state index in [1.807, 2.05) is 0 Å². The van der Waals surface area contributed by atoms with Crippen molar-refractivity contribution >= 4 is 30.7 Å². The lowest BCUT2D eigenvalue weighted by atomic mass is 10.1. The summed E-state index contributed by atoms with van der Waals surface area (Å²) in [7, 11) is 0. The lowest BCUT2D eigenvalue weighted by molar-refractivity contribution is 0.0926. The van der Waals surface area contributed by atoms with Crippen LogP contribution in [0.5, 0.6) is 0 Å². The van der Waals surface area contributed by atoms with Gasteiger partial charge in [0.15, 0.2) is 11.5 Å². The molecule has 1 amide bonds. The fourth-order valence-corrected chi connectivity index (χ4v) is 1.99. The Bertz CT molecular complexity index is 578. The normalized spacial score (nSPS) is 11.0. The standard InChI is InChI=1S/C15H20N4O2.2ClH/c1-2-3-4-12(10-16)18-15(20)13-9-14(21-19-13)11-5-7-17-8-6-11;;/h5-9,12H,2-4,10,16H2,1H3,(H,18,20);2*1H. The van der Waals surface area contributed by atoms with Crippen molar-refractivity contribution in [2.75, 3.05) is 6.54 Å². The molecule has 0 saturated carbocycles. The number of amides is 1. The molecule has 0 aliphatic rings. The topological polar surface area (TPSA) is 94.0 Å². The van der Waals surface area contributed by atoms with Gasteiger partial charge in [-0.15, -0.1) is 24.8 Å². The molecule has 3 N–H and O–H groups in total. The first-order valence-corrected chi connectivity index (χ1v) is 7.12. The highest BCUT2D eigenvalue weighted by Crippen LogP contribution is 2.19. The van der Waals surface area contributed by atoms with Crippen molar-refractivity contribution in [3.63, 3.8) is 0 Å². The molecule has 2 heterocycles. The second-order valence-corrected chi connectivity index (χ2v) is 4.86. The van der Waals surface area contributed by atoms with Gasteiger partial charge in [-0.25, -0.2) is 0 Å². The van der Waals surface area contributed by atoms with Gasteiger partial charge in [0.25, 0.3) is 5.91 Å². The van der Waals surface area contributed by atoms with Gasteiger partial charge in [-0.1, -0.05) is 24.9 Å². The van der Waals surface area contributed by atoms with Gasteiger partial charge in [0, 0.05) is 36.6 Å². The third-order valence-electron chi connectivity index (χ3n) is 3.23. The van der Waals surface area contributed by atoms with E-state index in [0.29, 0.717) is 12.3 Å². The Labute approximate surface area is 148 Å². The maximum absolute atomic E-state index is 12.1. The van der Waals surface area contributed by atoms with Crippen LogP contribution in [-0.2, 0) is 0 Å². The lowest BCUT2D eigenvalue weighted by Gasteiger charge is -2.15. The highest BCUT2D eigenvalue weighted by atomic mass is 35.5. The van der Waals surface area contributed by atoms with E-state index in [1.165, 1.54) is 0 Å². The zero-order valence-electron chi connectivity index (χ0n) is 12.9. The lowest BCUT2D eigenvalue weighted by Crippen LogP contribution is -2.40. The molecule has 1 atom stereocenters. The van der Waals surface area contributed by atoms with Gasteiger partial charge in [-0.2, -0.15) is 0 Å². The van der Waals surface area contributed by atoms with Gasteiger partial charge < -0.3 is 15.6 Å². The number of nitrogens with zero attached hydrogens (tertiary/aromatic N) is 2. The number of unbranched alkanes of at least 4 members (excludes halogenated alkanes) is 1. The van der Waals surface area contributed by atoms with Gasteiger partial charge >= 0.3 is 0 Å². The van der Waals surface area contributed by atoms with E-state index in [0.717, 1.165) is 24.8 Å². The molecule has 0 spiro atoms. The maximum Gasteiger partial charge on any atom is 0.273 e. The number of aromatic nitrogens is 2. The molecule has 8 heteroatoms. The molecule has 2 aromatic heterocycles. The van der Waals surface area contributed by atoms with Crippen molar-refractivity contribution < 1.29 is 9.32 Å². The van der Waals surface area contributed by atoms with Gasteiger partial charge in [0.1, 0.15) is 0 Å². The quantitative estimate of drug-likeness (QED) is 0.791. The van der Waals surface area contributed by atoms with E-state index in [1.54, 1.807) is 30.6 Å². The number of pyridine rings is 1. The summed E-state index contributed by atoms with van der Waals surface area (Å²) >= 11 is 0. The van der Waals surface area contributed by atoms with Gasteiger partial charge in [0.2, 0.25) is 0 Å². The number of halogens is 2. The van der Waals surface area contributed by atoms with E-state index < -0.39 is 0 Å². The number of carbonyl (C=O) groups is 1. The third kappa shape index (κ3) is 6.17. The highest BCUT2D eigenvalue weighted by Gasteiger charge is 2.16. The molecule has 2 aromatic rings. The van der Waals surface area contributed by atoms with Crippen molar-refractivity contribution in [1.29, 1.82) is 0 Å². The predicted molar refractivity (Wildman–Crippen MR) is 94.1 cm³/mol. The van der Waals surface area contributed by atoms with Crippen LogP contribution in [0, 0.1) is 0 Å². The highest BCUT2D eigenvalue weighted by molar-refractivity contribution is 5.93. The van der Waals surface area contributed by atoms with Crippen LogP contribution >= 0.6 is 24.8 Å². The van der Waals surface area contributed by atoms with Crippen LogP contribution in [0.3, 0.4) is 0 Å². The van der Waals surface area contributed by atoms with E-state index in [2.05, 4.69) is 22.4 Å². The predicted octanol–water partition coefficient (Wildman–Crippen LogP) is 2.83. The van der Waals surface area contributed by atoms with E-state index in [9.17, 15) is 4.79 Å². The summed E-state index contributed by atoms with van der Waals surface area (Å²) in [5.41, 5.74) is 6.76. The molecular weight excluding hydrogens is 339 g/mol. The summed E-state index contributed by atoms with van der Waals surface area (Å²) in [5, 5.41) is 6.70. The van der Waals surface area contributed by atoms with Gasteiger partial charge in [-0.05, 0) is 18.6 Å². The number of nitrogens with one attached hydrogen (secondary N) is 1. The summed E-state index contributed by atoms with van der Waals surface area (Å²) in [4.78, 5) is 16.1. The average Bonchev–Trinajstić information content (AvgIpc) is 3.02. The largest absolute Gasteiger partial charge is 0.355 e. The van der Waals surface area contributed by atoms with Crippen LogP contribution < -0.4 is 11.1 Å². The molecule has 0 saturated heterocycles. The Hall–Kier alpha value is -1.63. The minimum atomic E-state index is -0.259. The van der Waals surface area contributed by atoms with Gasteiger partial charge in [0.05, 0.1) is 0 Å². The molecule has 1 unspecified atom stereocenters. The molecule has 0 fully saturated rings. The van der Waals surface area contributed by atoms with Crippen molar-refractivity contribution in [3.05, 3.63) is 36.3 Å². The summed E-state index contributed by atoms with van der Waals surface area (Å²) in [5.74, 6) is 0.283. The van der Waals surface area contributed by atoms with E-state index in [-0.39, 0.29) is 42.5 Å². The molecule has 0 aliphatic heterocycles. The molecule has 0 aliphatic carbocycles. The number of carbonyl (C=O) groups excluding carboxylic acids is 1. The van der Waals surface area contributed by atoms with Crippen molar-refractivity contribution in [3.8, 4) is 11.3 Å². The van der Waals surface area contributed by atoms with Crippen LogP contribution in [0.25, 0.3) is 11.3 Å². The molecule has 128 valence electrons.